The molecule has 2 fully saturated rings. The van der Waals surface area contributed by atoms with E-state index in [1.165, 1.54) is 16.4 Å². The Morgan fingerprint density at radius 1 is 1.38 bits per heavy atom. The van der Waals surface area contributed by atoms with E-state index in [9.17, 15) is 18.5 Å². The van der Waals surface area contributed by atoms with Gasteiger partial charge in [-0.15, -0.1) is 0 Å². The smallest absolute Gasteiger partial charge is 0.271 e. The van der Waals surface area contributed by atoms with Crippen LogP contribution in [0.2, 0.25) is 0 Å². The monoisotopic (exact) mass is 312 g/mol. The summed E-state index contributed by atoms with van der Waals surface area (Å²) in [6, 6.07) is 3.61. The Hall–Kier alpha value is -1.71. The summed E-state index contributed by atoms with van der Waals surface area (Å²) in [7, 11) is -3.69. The molecule has 3 rings (SSSR count). The first-order valence-corrected chi connectivity index (χ1v) is 8.14. The molecular formula is C12H16N4O4S. The van der Waals surface area contributed by atoms with E-state index in [1.54, 1.807) is 0 Å². The van der Waals surface area contributed by atoms with Crippen molar-refractivity contribution in [2.45, 2.75) is 30.2 Å². The van der Waals surface area contributed by atoms with E-state index in [2.05, 4.69) is 5.43 Å². The Morgan fingerprint density at radius 3 is 2.67 bits per heavy atom. The molecule has 1 saturated carbocycles. The summed E-state index contributed by atoms with van der Waals surface area (Å²) < 4.78 is 27.0. The number of nitrogen functional groups attached to an aromatic ring is 1. The average molecular weight is 312 g/mol. The molecule has 3 N–H and O–H groups in total. The zero-order chi connectivity index (χ0) is 15.2. The second-order valence-electron chi connectivity index (χ2n) is 5.49. The van der Waals surface area contributed by atoms with Crippen molar-refractivity contribution in [3.05, 3.63) is 28.3 Å². The van der Waals surface area contributed by atoms with E-state index < -0.39 is 14.9 Å². The summed E-state index contributed by atoms with van der Waals surface area (Å²) in [5, 5.41) is 10.8. The molecule has 1 aliphatic carbocycles. The van der Waals surface area contributed by atoms with E-state index in [0.29, 0.717) is 12.5 Å². The molecule has 1 aliphatic heterocycles. The van der Waals surface area contributed by atoms with Gasteiger partial charge in [0.15, 0.2) is 0 Å². The number of nitrogens with one attached hydrogen (secondary N) is 1. The van der Waals surface area contributed by atoms with Gasteiger partial charge in [0.2, 0.25) is 10.0 Å². The molecule has 2 aliphatic rings. The van der Waals surface area contributed by atoms with Crippen LogP contribution in [-0.4, -0.2) is 30.2 Å². The Bertz CT molecular complexity index is 690. The number of anilines is 1. The third-order valence-corrected chi connectivity index (χ3v) is 6.25. The van der Waals surface area contributed by atoms with Crippen molar-refractivity contribution in [3.63, 3.8) is 0 Å². The van der Waals surface area contributed by atoms with Gasteiger partial charge in [-0.1, -0.05) is 0 Å². The van der Waals surface area contributed by atoms with E-state index in [-0.39, 0.29) is 22.3 Å². The maximum Gasteiger partial charge on any atom is 0.271 e. The van der Waals surface area contributed by atoms with Gasteiger partial charge in [-0.05, 0) is 31.2 Å². The fourth-order valence-electron chi connectivity index (χ4n) is 3.27. The first-order chi connectivity index (χ1) is 9.93. The van der Waals surface area contributed by atoms with Crippen molar-refractivity contribution in [3.8, 4) is 0 Å². The molecule has 114 valence electrons. The maximum absolute atomic E-state index is 12.7. The third-order valence-electron chi connectivity index (χ3n) is 4.28. The number of rotatable bonds is 4. The lowest BCUT2D eigenvalue weighted by Gasteiger charge is -2.26. The van der Waals surface area contributed by atoms with Crippen molar-refractivity contribution in [1.82, 2.24) is 4.31 Å². The van der Waals surface area contributed by atoms with E-state index >= 15 is 0 Å². The molecule has 2 unspecified atom stereocenters. The van der Waals surface area contributed by atoms with Gasteiger partial charge in [0.1, 0.15) is 4.90 Å². The van der Waals surface area contributed by atoms with Crippen LogP contribution in [-0.2, 0) is 10.0 Å². The lowest BCUT2D eigenvalue weighted by Crippen LogP contribution is -2.38. The van der Waals surface area contributed by atoms with Crippen LogP contribution in [0.1, 0.15) is 19.3 Å². The molecular weight excluding hydrogens is 296 g/mol. The van der Waals surface area contributed by atoms with Crippen molar-refractivity contribution < 1.29 is 13.3 Å². The molecule has 0 aromatic heterocycles. The summed E-state index contributed by atoms with van der Waals surface area (Å²) in [4.78, 5) is 10.2. The number of non-ortho nitro benzene ring substituents is 1. The largest absolute Gasteiger partial charge is 0.323 e. The molecule has 1 aromatic rings. The van der Waals surface area contributed by atoms with Gasteiger partial charge >= 0.3 is 0 Å². The van der Waals surface area contributed by atoms with Gasteiger partial charge in [0, 0.05) is 24.7 Å². The molecule has 1 saturated heterocycles. The number of nitrogens with two attached hydrogens (primary N) is 1. The van der Waals surface area contributed by atoms with Crippen LogP contribution in [0.15, 0.2) is 23.1 Å². The summed E-state index contributed by atoms with van der Waals surface area (Å²) >= 11 is 0. The van der Waals surface area contributed by atoms with Crippen molar-refractivity contribution >= 4 is 21.4 Å². The van der Waals surface area contributed by atoms with Gasteiger partial charge in [-0.2, -0.15) is 4.31 Å². The first-order valence-electron chi connectivity index (χ1n) is 6.70. The maximum atomic E-state index is 12.7. The topological polar surface area (TPSA) is 119 Å². The highest BCUT2D eigenvalue weighted by atomic mass is 32.2. The van der Waals surface area contributed by atoms with E-state index in [0.717, 1.165) is 25.3 Å². The molecule has 1 heterocycles. The highest BCUT2D eigenvalue weighted by molar-refractivity contribution is 7.89. The second-order valence-corrected chi connectivity index (χ2v) is 7.35. The lowest BCUT2D eigenvalue weighted by atomic mass is 10.1. The molecule has 2 atom stereocenters. The number of nitrogens with zero attached hydrogens (tertiary/aromatic N) is 2. The zero-order valence-electron chi connectivity index (χ0n) is 11.2. The number of benzene rings is 1. The van der Waals surface area contributed by atoms with Crippen LogP contribution in [0, 0.1) is 16.0 Å². The van der Waals surface area contributed by atoms with Gasteiger partial charge in [0.05, 0.1) is 10.6 Å². The van der Waals surface area contributed by atoms with Crippen molar-refractivity contribution in [2.24, 2.45) is 11.8 Å². The molecule has 21 heavy (non-hydrogen) atoms. The van der Waals surface area contributed by atoms with E-state index in [4.69, 9.17) is 5.84 Å². The zero-order valence-corrected chi connectivity index (χ0v) is 12.0. The predicted octanol–water partition coefficient (Wildman–Crippen LogP) is 1.05. The van der Waals surface area contributed by atoms with Crippen molar-refractivity contribution in [1.29, 1.82) is 0 Å². The average Bonchev–Trinajstić information content (AvgIpc) is 3.09. The van der Waals surface area contributed by atoms with Crippen molar-refractivity contribution in [2.75, 3.05) is 12.0 Å². The number of nitro benzene ring substituents is 1. The van der Waals surface area contributed by atoms with Crippen LogP contribution < -0.4 is 11.3 Å². The molecule has 2 bridgehead atoms. The van der Waals surface area contributed by atoms with Crippen LogP contribution >= 0.6 is 0 Å². The number of hydrogen-bond acceptors (Lipinski definition) is 6. The third kappa shape index (κ3) is 2.27. The molecule has 1 aromatic carbocycles. The Kier molecular flexibility index (Phi) is 3.34. The number of sulfonamides is 1. The van der Waals surface area contributed by atoms with Gasteiger partial charge in [0.25, 0.3) is 5.69 Å². The first kappa shape index (κ1) is 14.2. The number of piperidine rings is 1. The minimum Gasteiger partial charge on any atom is -0.323 e. The SMILES string of the molecule is NNc1cc([N+](=O)[O-])ccc1S(=O)(=O)N1CC2CCC1C2. The van der Waals surface area contributed by atoms with Crippen LogP contribution in [0.4, 0.5) is 11.4 Å². The molecule has 8 nitrogen and oxygen atoms in total. The molecule has 0 radical (unpaired) electrons. The van der Waals surface area contributed by atoms with Gasteiger partial charge in [-0.3, -0.25) is 16.0 Å². The normalized spacial score (nSPS) is 25.2. The number of hydrogen-bond donors (Lipinski definition) is 2. The summed E-state index contributed by atoms with van der Waals surface area (Å²) in [6.07, 6.45) is 2.85. The quantitative estimate of drug-likeness (QED) is 0.487. The minimum atomic E-state index is -3.69. The summed E-state index contributed by atoms with van der Waals surface area (Å²) in [6.45, 7) is 0.522. The Balaban J connectivity index is 2.01. The molecule has 0 spiro atoms. The molecule has 9 heteroatoms. The standard InChI is InChI=1S/C12H16N4O4S/c13-14-11-6-10(16(17)18)3-4-12(11)21(19,20)15-7-8-1-2-9(15)5-8/h3-4,6,8-9,14H,1-2,5,7,13H2. The Labute approximate surface area is 122 Å². The number of fused-ring (bicyclic) bond motifs is 2. The van der Waals surface area contributed by atoms with Crippen LogP contribution in [0.5, 0.6) is 0 Å². The summed E-state index contributed by atoms with van der Waals surface area (Å²) in [5.41, 5.74) is 2.10. The Morgan fingerprint density at radius 2 is 2.14 bits per heavy atom. The van der Waals surface area contributed by atoms with E-state index in [1.807, 2.05) is 0 Å². The van der Waals surface area contributed by atoms with Gasteiger partial charge < -0.3 is 5.43 Å². The lowest BCUT2D eigenvalue weighted by molar-refractivity contribution is -0.384. The highest BCUT2D eigenvalue weighted by Gasteiger charge is 2.44. The second kappa shape index (κ2) is 4.93. The van der Waals surface area contributed by atoms with Crippen LogP contribution in [0.25, 0.3) is 0 Å². The highest BCUT2D eigenvalue weighted by Crippen LogP contribution is 2.41. The molecule has 0 amide bonds. The number of hydrazine groups is 1. The number of nitro groups is 1. The fourth-order valence-corrected chi connectivity index (χ4v) is 5.15. The van der Waals surface area contributed by atoms with Crippen LogP contribution in [0.3, 0.4) is 0 Å². The summed E-state index contributed by atoms with van der Waals surface area (Å²) in [5.74, 6) is 5.76. The van der Waals surface area contributed by atoms with Gasteiger partial charge in [-0.25, -0.2) is 8.42 Å². The predicted molar refractivity (Wildman–Crippen MR) is 75.9 cm³/mol. The minimum absolute atomic E-state index is 0.0110. The fraction of sp³-hybridized carbons (Fsp3) is 0.500.